The summed E-state index contributed by atoms with van der Waals surface area (Å²) < 4.78 is 0. The lowest BCUT2D eigenvalue weighted by atomic mass is 10.0. The Labute approximate surface area is 156 Å². The summed E-state index contributed by atoms with van der Waals surface area (Å²) >= 11 is 0. The van der Waals surface area contributed by atoms with Crippen molar-refractivity contribution < 1.29 is 9.72 Å². The minimum Gasteiger partial charge on any atom is -0.362 e. The van der Waals surface area contributed by atoms with Crippen molar-refractivity contribution in [3.8, 4) is 0 Å². The second-order valence-electron chi connectivity index (χ2n) is 6.55. The highest BCUT2D eigenvalue weighted by atomic mass is 16.6. The largest absolute Gasteiger partial charge is 0.362 e. The molecule has 27 heavy (non-hydrogen) atoms. The number of carbonyl (C=O) groups excluding carboxylic acids is 1. The molecule has 6 nitrogen and oxygen atoms in total. The Balaban J connectivity index is 1.53. The second-order valence-corrected chi connectivity index (χ2v) is 6.55. The van der Waals surface area contributed by atoms with E-state index in [9.17, 15) is 14.9 Å². The number of fused-ring (bicyclic) bond motifs is 1. The van der Waals surface area contributed by atoms with Gasteiger partial charge in [0.2, 0.25) is 0 Å². The van der Waals surface area contributed by atoms with Gasteiger partial charge >= 0.3 is 0 Å². The lowest BCUT2D eigenvalue weighted by Gasteiger charge is -2.36. The third-order valence-electron chi connectivity index (χ3n) is 5.01. The van der Waals surface area contributed by atoms with Crippen LogP contribution < -0.4 is 4.90 Å². The number of piperazine rings is 1. The summed E-state index contributed by atoms with van der Waals surface area (Å²) in [5.74, 6) is 0.00834. The van der Waals surface area contributed by atoms with Crippen molar-refractivity contribution in [2.45, 2.75) is 0 Å². The van der Waals surface area contributed by atoms with Gasteiger partial charge in [-0.2, -0.15) is 0 Å². The van der Waals surface area contributed by atoms with Gasteiger partial charge in [-0.1, -0.05) is 48.5 Å². The zero-order chi connectivity index (χ0) is 18.8. The molecular weight excluding hydrogens is 342 g/mol. The molecule has 0 saturated carbocycles. The number of nitro benzene ring substituents is 1. The minimum absolute atomic E-state index is 0.00834. The summed E-state index contributed by atoms with van der Waals surface area (Å²) in [6.07, 6.45) is 0. The van der Waals surface area contributed by atoms with E-state index in [4.69, 9.17) is 0 Å². The van der Waals surface area contributed by atoms with Crippen LogP contribution in [-0.4, -0.2) is 41.9 Å². The van der Waals surface area contributed by atoms with Gasteiger partial charge in [0.25, 0.3) is 11.6 Å². The van der Waals surface area contributed by atoms with Crippen LogP contribution in [0.3, 0.4) is 0 Å². The number of nitro groups is 1. The third-order valence-corrected chi connectivity index (χ3v) is 5.01. The maximum absolute atomic E-state index is 13.0. The average molecular weight is 361 g/mol. The van der Waals surface area contributed by atoms with Crippen LogP contribution in [-0.2, 0) is 0 Å². The van der Waals surface area contributed by atoms with Crippen molar-refractivity contribution in [1.82, 2.24) is 4.90 Å². The number of nitrogens with zero attached hydrogens (tertiary/aromatic N) is 3. The molecule has 0 radical (unpaired) electrons. The fraction of sp³-hybridized carbons (Fsp3) is 0.190. The molecule has 3 aromatic carbocycles. The lowest BCUT2D eigenvalue weighted by Crippen LogP contribution is -2.49. The fourth-order valence-electron chi connectivity index (χ4n) is 3.62. The van der Waals surface area contributed by atoms with Crippen LogP contribution >= 0.6 is 0 Å². The Morgan fingerprint density at radius 1 is 0.852 bits per heavy atom. The van der Waals surface area contributed by atoms with E-state index in [1.807, 2.05) is 52.3 Å². The molecule has 1 amide bonds. The molecule has 0 atom stereocenters. The summed E-state index contributed by atoms with van der Waals surface area (Å²) in [4.78, 5) is 27.7. The van der Waals surface area contributed by atoms with Crippen molar-refractivity contribution in [3.63, 3.8) is 0 Å². The first-order valence-corrected chi connectivity index (χ1v) is 8.90. The van der Waals surface area contributed by atoms with Crippen molar-refractivity contribution in [2.75, 3.05) is 31.1 Å². The normalized spacial score (nSPS) is 14.4. The van der Waals surface area contributed by atoms with Crippen LogP contribution in [0.5, 0.6) is 0 Å². The van der Waals surface area contributed by atoms with Crippen LogP contribution in [0.4, 0.5) is 11.4 Å². The predicted octanol–water partition coefficient (Wildman–Crippen LogP) is 3.71. The Hall–Kier alpha value is -3.41. The van der Waals surface area contributed by atoms with E-state index < -0.39 is 0 Å². The fourth-order valence-corrected chi connectivity index (χ4v) is 3.62. The molecule has 1 aliphatic heterocycles. The molecule has 0 spiro atoms. The monoisotopic (exact) mass is 361 g/mol. The number of para-hydroxylation sites is 2. The van der Waals surface area contributed by atoms with Crippen molar-refractivity contribution in [3.05, 3.63) is 82.4 Å². The number of carbonyl (C=O) groups is 1. The van der Waals surface area contributed by atoms with Crippen LogP contribution in [0, 0.1) is 10.1 Å². The molecule has 1 aliphatic rings. The van der Waals surface area contributed by atoms with Crippen LogP contribution in [0.15, 0.2) is 66.7 Å². The number of anilines is 1. The molecular formula is C21H19N3O3. The quantitative estimate of drug-likeness (QED) is 0.527. The maximum atomic E-state index is 13.0. The van der Waals surface area contributed by atoms with Gasteiger partial charge in [-0.3, -0.25) is 14.9 Å². The van der Waals surface area contributed by atoms with Gasteiger partial charge in [-0.05, 0) is 22.9 Å². The Morgan fingerprint density at radius 2 is 1.52 bits per heavy atom. The number of benzene rings is 3. The van der Waals surface area contributed by atoms with Gasteiger partial charge < -0.3 is 9.80 Å². The van der Waals surface area contributed by atoms with E-state index in [-0.39, 0.29) is 16.5 Å². The summed E-state index contributed by atoms with van der Waals surface area (Å²) in [6.45, 7) is 2.21. The van der Waals surface area contributed by atoms with Crippen LogP contribution in [0.1, 0.15) is 10.4 Å². The van der Waals surface area contributed by atoms with Gasteiger partial charge in [0, 0.05) is 37.8 Å². The zero-order valence-electron chi connectivity index (χ0n) is 14.7. The number of hydrogen-bond acceptors (Lipinski definition) is 4. The number of amides is 1. The molecule has 0 aromatic heterocycles. The predicted molar refractivity (Wildman–Crippen MR) is 105 cm³/mol. The Kier molecular flexibility index (Phi) is 4.46. The molecule has 0 N–H and O–H groups in total. The molecule has 0 bridgehead atoms. The minimum atomic E-state index is -0.358. The highest BCUT2D eigenvalue weighted by Gasteiger charge is 2.26. The number of hydrogen-bond donors (Lipinski definition) is 0. The van der Waals surface area contributed by atoms with Crippen LogP contribution in [0.2, 0.25) is 0 Å². The molecule has 4 rings (SSSR count). The van der Waals surface area contributed by atoms with E-state index >= 15 is 0 Å². The summed E-state index contributed by atoms with van der Waals surface area (Å²) in [7, 11) is 0. The molecule has 0 aliphatic carbocycles. The first-order valence-electron chi connectivity index (χ1n) is 8.90. The highest BCUT2D eigenvalue weighted by molar-refractivity contribution is 6.07. The summed E-state index contributed by atoms with van der Waals surface area (Å²) in [5, 5.41) is 13.3. The van der Waals surface area contributed by atoms with E-state index in [1.165, 1.54) is 6.07 Å². The van der Waals surface area contributed by atoms with Gasteiger partial charge in [-0.25, -0.2) is 0 Å². The van der Waals surface area contributed by atoms with Crippen molar-refractivity contribution in [2.24, 2.45) is 0 Å². The molecule has 6 heteroatoms. The summed E-state index contributed by atoms with van der Waals surface area (Å²) in [5.41, 5.74) is 1.42. The molecule has 1 saturated heterocycles. The zero-order valence-corrected chi connectivity index (χ0v) is 14.7. The SMILES string of the molecule is O=C(c1cccc2ccccc12)N1CCN(c2ccccc2[N+](=O)[O-])CC1. The maximum Gasteiger partial charge on any atom is 0.292 e. The number of rotatable bonds is 3. The van der Waals surface area contributed by atoms with Crippen LogP contribution in [0.25, 0.3) is 10.8 Å². The average Bonchev–Trinajstić information content (AvgIpc) is 2.73. The molecule has 0 unspecified atom stereocenters. The first kappa shape index (κ1) is 17.0. The topological polar surface area (TPSA) is 66.7 Å². The first-order chi connectivity index (χ1) is 13.1. The lowest BCUT2D eigenvalue weighted by molar-refractivity contribution is -0.384. The second kappa shape index (κ2) is 7.07. The van der Waals surface area contributed by atoms with Crippen molar-refractivity contribution >= 4 is 28.1 Å². The molecule has 1 heterocycles. The van der Waals surface area contributed by atoms with E-state index in [2.05, 4.69) is 0 Å². The Bertz CT molecular complexity index is 1000. The Morgan fingerprint density at radius 3 is 2.30 bits per heavy atom. The van der Waals surface area contributed by atoms with Gasteiger partial charge in [0.15, 0.2) is 0 Å². The van der Waals surface area contributed by atoms with Gasteiger partial charge in [0.1, 0.15) is 5.69 Å². The van der Waals surface area contributed by atoms with Crippen molar-refractivity contribution in [1.29, 1.82) is 0 Å². The smallest absolute Gasteiger partial charge is 0.292 e. The third kappa shape index (κ3) is 3.21. The highest BCUT2D eigenvalue weighted by Crippen LogP contribution is 2.29. The van der Waals surface area contributed by atoms with Gasteiger partial charge in [0.05, 0.1) is 4.92 Å². The molecule has 3 aromatic rings. The molecule has 136 valence electrons. The standard InChI is InChI=1S/C21H19N3O3/c25-21(18-9-5-7-16-6-1-2-8-17(16)18)23-14-12-22(13-15-23)19-10-3-4-11-20(19)24(26)27/h1-11H,12-15H2. The molecule has 1 fully saturated rings. The van der Waals surface area contributed by atoms with Gasteiger partial charge in [-0.15, -0.1) is 0 Å². The van der Waals surface area contributed by atoms with E-state index in [0.29, 0.717) is 37.4 Å². The van der Waals surface area contributed by atoms with E-state index in [0.717, 1.165) is 10.8 Å². The summed E-state index contributed by atoms with van der Waals surface area (Å²) in [6, 6.07) is 20.4. The van der Waals surface area contributed by atoms with E-state index in [1.54, 1.807) is 18.2 Å².